The van der Waals surface area contributed by atoms with E-state index < -0.39 is 5.97 Å². The van der Waals surface area contributed by atoms with Gasteiger partial charge in [-0.2, -0.15) is 5.26 Å². The standard InChI is InChI=1S/C40H46ClN9O3/c1-24(37-44-33-23-50(20-17-35(33)48(37)3)19-15-25-11-13-26(14-12-25)40(52)53)43-30-9-5-7-27(29(30)21-42)28-8-6-10-31(36(28)41)46-39(51)38-45-32-22-47(2)18-16-34(32)49(38)4/h5-10,25-26,43H,1,11-20,22-23H2,2-4H3,(H,46,51)(H,52,53)/t25-,26-. The van der Waals surface area contributed by atoms with Crippen molar-refractivity contribution < 1.29 is 14.7 Å². The fraction of sp³-hybridized carbons (Fsp3) is 0.425. The molecule has 0 unspecified atom stereocenters. The number of likely N-dealkylation sites (N-methyl/N-ethyl adjacent to an activating group) is 1. The third-order valence-electron chi connectivity index (χ3n) is 11.3. The Hall–Kier alpha value is -4.96. The average Bonchev–Trinajstić information content (AvgIpc) is 3.66. The Bertz CT molecular complexity index is 2120. The molecule has 0 spiro atoms. The number of fused-ring (bicyclic) bond motifs is 2. The lowest BCUT2D eigenvalue weighted by atomic mass is 9.80. The van der Waals surface area contributed by atoms with Gasteiger partial charge in [0.1, 0.15) is 6.07 Å². The summed E-state index contributed by atoms with van der Waals surface area (Å²) < 4.78 is 3.95. The minimum Gasteiger partial charge on any atom is -0.481 e. The second-order valence-electron chi connectivity index (χ2n) is 14.7. The number of amides is 1. The van der Waals surface area contributed by atoms with Crippen LogP contribution < -0.4 is 10.6 Å². The maximum atomic E-state index is 13.4. The van der Waals surface area contributed by atoms with Crippen molar-refractivity contribution >= 4 is 40.5 Å². The first-order valence-corrected chi connectivity index (χ1v) is 18.7. The number of imidazole rings is 2. The highest BCUT2D eigenvalue weighted by atomic mass is 35.5. The van der Waals surface area contributed by atoms with Crippen molar-refractivity contribution in [2.45, 2.75) is 58.0 Å². The van der Waals surface area contributed by atoms with Gasteiger partial charge in [-0.25, -0.2) is 9.97 Å². The molecule has 2 aliphatic heterocycles. The molecule has 0 radical (unpaired) electrons. The Morgan fingerprint density at radius 1 is 0.906 bits per heavy atom. The molecule has 1 saturated carbocycles. The highest BCUT2D eigenvalue weighted by Gasteiger charge is 2.29. The number of benzene rings is 2. The molecular formula is C40H46ClN9O3. The molecule has 4 aromatic rings. The van der Waals surface area contributed by atoms with E-state index in [1.807, 2.05) is 50.0 Å². The molecule has 0 atom stereocenters. The topological polar surface area (TPSA) is 144 Å². The lowest BCUT2D eigenvalue weighted by molar-refractivity contribution is -0.143. The molecule has 1 amide bonds. The fourth-order valence-electron chi connectivity index (χ4n) is 8.20. The fourth-order valence-corrected chi connectivity index (χ4v) is 8.48. The Morgan fingerprint density at radius 2 is 1.55 bits per heavy atom. The zero-order valence-electron chi connectivity index (χ0n) is 30.6. The van der Waals surface area contributed by atoms with Crippen LogP contribution in [0.3, 0.4) is 0 Å². The van der Waals surface area contributed by atoms with Gasteiger partial charge in [-0.05, 0) is 63.7 Å². The lowest BCUT2D eigenvalue weighted by Gasteiger charge is -2.30. The van der Waals surface area contributed by atoms with Crippen LogP contribution in [0.1, 0.15) is 76.9 Å². The van der Waals surface area contributed by atoms with Gasteiger partial charge in [0, 0.05) is 75.6 Å². The van der Waals surface area contributed by atoms with E-state index in [4.69, 9.17) is 16.6 Å². The summed E-state index contributed by atoms with van der Waals surface area (Å²) in [6, 6.07) is 13.3. The van der Waals surface area contributed by atoms with Gasteiger partial charge in [0.05, 0.1) is 45.0 Å². The minimum atomic E-state index is -0.657. The zero-order valence-corrected chi connectivity index (χ0v) is 31.3. The number of carboxylic acids is 1. The molecule has 13 heteroatoms. The summed E-state index contributed by atoms with van der Waals surface area (Å²) in [5, 5.41) is 26.4. The first kappa shape index (κ1) is 36.4. The van der Waals surface area contributed by atoms with Crippen molar-refractivity contribution in [2.75, 3.05) is 37.3 Å². The number of rotatable bonds is 10. The number of aromatic nitrogens is 4. The SMILES string of the molecule is C=C(Nc1cccc(-c2cccc(NC(=O)c3nc4c(n3C)CCN(C)C4)c2Cl)c1C#N)c1nc2c(n1C)CCN(CC[C@H]1CC[C@H](C(=O)O)CC1)C2. The van der Waals surface area contributed by atoms with Gasteiger partial charge in [-0.3, -0.25) is 14.5 Å². The highest BCUT2D eigenvalue weighted by molar-refractivity contribution is 6.36. The Balaban J connectivity index is 1.04. The predicted molar refractivity (Wildman–Crippen MR) is 205 cm³/mol. The van der Waals surface area contributed by atoms with E-state index in [9.17, 15) is 20.0 Å². The van der Waals surface area contributed by atoms with Crippen LogP contribution >= 0.6 is 11.6 Å². The molecule has 4 heterocycles. The van der Waals surface area contributed by atoms with Crippen LogP contribution in [0.15, 0.2) is 43.0 Å². The van der Waals surface area contributed by atoms with Gasteiger partial charge >= 0.3 is 5.97 Å². The van der Waals surface area contributed by atoms with Crippen LogP contribution in [0, 0.1) is 23.2 Å². The van der Waals surface area contributed by atoms with Crippen LogP contribution in [0.5, 0.6) is 0 Å². The quantitative estimate of drug-likeness (QED) is 0.171. The molecule has 3 N–H and O–H groups in total. The number of carbonyl (C=O) groups is 2. The van der Waals surface area contributed by atoms with E-state index in [1.165, 1.54) is 5.69 Å². The van der Waals surface area contributed by atoms with Crippen LogP contribution in [0.2, 0.25) is 5.02 Å². The van der Waals surface area contributed by atoms with E-state index in [1.54, 1.807) is 12.1 Å². The molecule has 53 heavy (non-hydrogen) atoms. The number of carbonyl (C=O) groups excluding carboxylic acids is 1. The summed E-state index contributed by atoms with van der Waals surface area (Å²) >= 11 is 6.96. The minimum absolute atomic E-state index is 0.182. The summed E-state index contributed by atoms with van der Waals surface area (Å²) in [7, 11) is 5.91. The van der Waals surface area contributed by atoms with Crippen LogP contribution in [0.25, 0.3) is 16.8 Å². The third kappa shape index (κ3) is 7.34. The van der Waals surface area contributed by atoms with Crippen molar-refractivity contribution in [1.82, 2.24) is 28.9 Å². The lowest BCUT2D eigenvalue weighted by Crippen LogP contribution is -2.33. The second kappa shape index (κ2) is 15.2. The summed E-state index contributed by atoms with van der Waals surface area (Å²) in [5.74, 6) is 0.430. The van der Waals surface area contributed by atoms with Crippen LogP contribution in [-0.2, 0) is 44.8 Å². The predicted octanol–water partition coefficient (Wildman–Crippen LogP) is 6.31. The number of nitrogens with zero attached hydrogens (tertiary/aromatic N) is 7. The largest absolute Gasteiger partial charge is 0.481 e. The third-order valence-corrected chi connectivity index (χ3v) is 11.7. The summed E-state index contributed by atoms with van der Waals surface area (Å²) in [6.45, 7) is 8.60. The molecule has 7 rings (SSSR count). The molecule has 0 saturated heterocycles. The number of carboxylic acid groups (broad SMARTS) is 1. The van der Waals surface area contributed by atoms with Gasteiger partial charge in [-0.15, -0.1) is 0 Å². The maximum absolute atomic E-state index is 13.4. The first-order chi connectivity index (χ1) is 25.5. The summed E-state index contributed by atoms with van der Waals surface area (Å²) in [4.78, 5) is 39.1. The average molecular weight is 736 g/mol. The van der Waals surface area contributed by atoms with Gasteiger partial charge in [0.25, 0.3) is 5.91 Å². The van der Waals surface area contributed by atoms with Crippen molar-refractivity contribution in [3.63, 3.8) is 0 Å². The molecule has 0 bridgehead atoms. The second-order valence-corrected chi connectivity index (χ2v) is 15.1. The van der Waals surface area contributed by atoms with E-state index >= 15 is 0 Å². The molecule has 276 valence electrons. The zero-order chi connectivity index (χ0) is 37.4. The Kier molecular flexibility index (Phi) is 10.4. The highest BCUT2D eigenvalue weighted by Crippen LogP contribution is 2.39. The number of anilines is 2. The van der Waals surface area contributed by atoms with E-state index in [-0.39, 0.29) is 11.8 Å². The van der Waals surface area contributed by atoms with Gasteiger partial charge < -0.3 is 29.8 Å². The molecular weight excluding hydrogens is 690 g/mol. The van der Waals surface area contributed by atoms with E-state index in [0.717, 1.165) is 88.2 Å². The monoisotopic (exact) mass is 735 g/mol. The van der Waals surface area contributed by atoms with Crippen LogP contribution in [-0.4, -0.2) is 72.6 Å². The van der Waals surface area contributed by atoms with Gasteiger partial charge in [-0.1, -0.05) is 42.4 Å². The normalized spacial score (nSPS) is 18.8. The first-order valence-electron chi connectivity index (χ1n) is 18.3. The summed E-state index contributed by atoms with van der Waals surface area (Å²) in [5.41, 5.74) is 7.38. The molecule has 1 fully saturated rings. The maximum Gasteiger partial charge on any atom is 0.306 e. The van der Waals surface area contributed by atoms with Gasteiger partial charge in [0.2, 0.25) is 0 Å². The molecule has 3 aliphatic rings. The number of nitrogens with one attached hydrogen (secondary N) is 2. The number of nitriles is 1. The molecule has 2 aromatic carbocycles. The van der Waals surface area contributed by atoms with E-state index in [2.05, 4.69) is 42.6 Å². The summed E-state index contributed by atoms with van der Waals surface area (Å²) in [6.07, 6.45) is 6.32. The van der Waals surface area contributed by atoms with Crippen molar-refractivity contribution in [2.24, 2.45) is 25.9 Å². The Morgan fingerprint density at radius 3 is 2.26 bits per heavy atom. The molecule has 12 nitrogen and oxygen atoms in total. The van der Waals surface area contributed by atoms with Gasteiger partial charge in [0.15, 0.2) is 11.6 Å². The van der Waals surface area contributed by atoms with Crippen LogP contribution in [0.4, 0.5) is 11.4 Å². The van der Waals surface area contributed by atoms with E-state index in [0.29, 0.717) is 62.9 Å². The Labute approximate surface area is 315 Å². The number of hydrogen-bond donors (Lipinski definition) is 3. The van der Waals surface area contributed by atoms with Crippen molar-refractivity contribution in [1.29, 1.82) is 5.26 Å². The van der Waals surface area contributed by atoms with Crippen molar-refractivity contribution in [3.8, 4) is 17.2 Å². The number of halogens is 1. The number of hydrogen-bond acceptors (Lipinski definition) is 8. The van der Waals surface area contributed by atoms with Crippen molar-refractivity contribution in [3.05, 3.63) is 88.0 Å². The molecule has 1 aliphatic carbocycles. The smallest absolute Gasteiger partial charge is 0.306 e. The molecule has 2 aromatic heterocycles. The number of aliphatic carboxylic acids is 1.